The number of benzene rings is 1. The van der Waals surface area contributed by atoms with Crippen molar-refractivity contribution in [1.29, 1.82) is 0 Å². The van der Waals surface area contributed by atoms with E-state index >= 15 is 0 Å². The van der Waals surface area contributed by atoms with Crippen LogP contribution in [0.1, 0.15) is 54.9 Å². The quantitative estimate of drug-likeness (QED) is 0.563. The van der Waals surface area contributed by atoms with Gasteiger partial charge in [-0.15, -0.1) is 0 Å². The van der Waals surface area contributed by atoms with Crippen LogP contribution in [0.3, 0.4) is 0 Å². The Morgan fingerprint density at radius 2 is 1.71 bits per heavy atom. The molecule has 0 radical (unpaired) electrons. The fourth-order valence-electron chi connectivity index (χ4n) is 2.58. The fraction of sp³-hybridized carbons (Fsp3) is 0.474. The zero-order valence-corrected chi connectivity index (χ0v) is 18.8. The average Bonchev–Trinajstić information content (AvgIpc) is 3.01. The summed E-state index contributed by atoms with van der Waals surface area (Å²) in [6.45, 7) is 7.28. The van der Waals surface area contributed by atoms with Gasteiger partial charge in [0, 0.05) is 18.1 Å². The number of aromatic nitrogens is 1. The normalized spacial score (nSPS) is 11.4. The molecule has 0 unspecified atom stereocenters. The summed E-state index contributed by atoms with van der Waals surface area (Å²) < 4.78 is 27.5. The van der Waals surface area contributed by atoms with Gasteiger partial charge >= 0.3 is 0 Å². The summed E-state index contributed by atoms with van der Waals surface area (Å²) in [5.41, 5.74) is 0.529. The first-order chi connectivity index (χ1) is 13.3. The first-order valence-electron chi connectivity index (χ1n) is 9.33. The highest BCUT2D eigenvalue weighted by Crippen LogP contribution is 2.27. The van der Waals surface area contributed by atoms with Crippen LogP contribution >= 0.6 is 22.9 Å². The van der Waals surface area contributed by atoms with Gasteiger partial charge in [0.2, 0.25) is 0 Å². The summed E-state index contributed by atoms with van der Waals surface area (Å²) in [5, 5.41) is 0.637. The van der Waals surface area contributed by atoms with E-state index in [1.165, 1.54) is 24.3 Å². The Bertz CT molecular complexity index is 888. The van der Waals surface area contributed by atoms with E-state index in [1.807, 2.05) is 4.90 Å². The molecular weight excluding hydrogens is 418 g/mol. The number of unbranched alkanes of at least 4 members (excludes halogenated alkanes) is 2. The number of thiazole rings is 1. The zero-order valence-electron chi connectivity index (χ0n) is 16.4. The Labute approximate surface area is 176 Å². The molecule has 1 aromatic carbocycles. The summed E-state index contributed by atoms with van der Waals surface area (Å²) in [6, 6.07) is 5.87. The van der Waals surface area contributed by atoms with Crippen molar-refractivity contribution in [3.63, 3.8) is 0 Å². The van der Waals surface area contributed by atoms with Gasteiger partial charge in [-0.25, -0.2) is 13.4 Å². The predicted molar refractivity (Wildman–Crippen MR) is 115 cm³/mol. The molecule has 0 fully saturated rings. The first-order valence-corrected chi connectivity index (χ1v) is 12.0. The van der Waals surface area contributed by atoms with Crippen LogP contribution in [0.5, 0.6) is 0 Å². The largest absolute Gasteiger partial charge is 0.338 e. The van der Waals surface area contributed by atoms with E-state index in [0.29, 0.717) is 28.7 Å². The molecule has 0 aliphatic rings. The van der Waals surface area contributed by atoms with Crippen molar-refractivity contribution < 1.29 is 13.2 Å². The maximum Gasteiger partial charge on any atom is 0.265 e. The number of nitrogens with one attached hydrogen (secondary N) is 1. The second-order valence-corrected chi connectivity index (χ2v) is 9.61. The smallest absolute Gasteiger partial charge is 0.265 e. The first kappa shape index (κ1) is 22.6. The average molecular weight is 444 g/mol. The lowest BCUT2D eigenvalue weighted by Crippen LogP contribution is -2.32. The number of rotatable bonds is 10. The molecule has 6 nitrogen and oxygen atoms in total. The van der Waals surface area contributed by atoms with Crippen LogP contribution in [0.25, 0.3) is 0 Å². The van der Waals surface area contributed by atoms with E-state index in [9.17, 15) is 13.2 Å². The standard InChI is InChI=1S/C19H26ClN3O3S2/c1-4-6-12-23(13-7-5-2)18(24)17-14(3)21-19(27-17)22-28(25,26)16-10-8-15(20)9-11-16/h8-11H,4-7,12-13H2,1-3H3,(H,21,22). The monoisotopic (exact) mass is 443 g/mol. The van der Waals surface area contributed by atoms with Crippen LogP contribution < -0.4 is 4.72 Å². The third-order valence-corrected chi connectivity index (χ3v) is 6.98. The lowest BCUT2D eigenvalue weighted by atomic mass is 10.2. The van der Waals surface area contributed by atoms with E-state index in [4.69, 9.17) is 11.6 Å². The number of amides is 1. The summed E-state index contributed by atoms with van der Waals surface area (Å²) in [4.78, 5) is 19.6. The zero-order chi connectivity index (χ0) is 20.7. The van der Waals surface area contributed by atoms with Crippen molar-refractivity contribution in [2.45, 2.75) is 51.3 Å². The second-order valence-electron chi connectivity index (χ2n) is 6.49. The molecule has 0 spiro atoms. The lowest BCUT2D eigenvalue weighted by Gasteiger charge is -2.21. The number of carbonyl (C=O) groups is 1. The Morgan fingerprint density at radius 3 is 2.25 bits per heavy atom. The van der Waals surface area contributed by atoms with Gasteiger partial charge in [0.25, 0.3) is 15.9 Å². The van der Waals surface area contributed by atoms with Crippen LogP contribution in [0.4, 0.5) is 5.13 Å². The Morgan fingerprint density at radius 1 is 1.14 bits per heavy atom. The highest BCUT2D eigenvalue weighted by molar-refractivity contribution is 7.93. The van der Waals surface area contributed by atoms with Crippen molar-refractivity contribution in [3.05, 3.63) is 39.9 Å². The number of sulfonamides is 1. The van der Waals surface area contributed by atoms with Crippen LogP contribution in [0, 0.1) is 6.92 Å². The SMILES string of the molecule is CCCCN(CCCC)C(=O)c1sc(NS(=O)(=O)c2ccc(Cl)cc2)nc1C. The Kier molecular flexibility index (Phi) is 8.27. The van der Waals surface area contributed by atoms with E-state index in [0.717, 1.165) is 37.0 Å². The fourth-order valence-corrected chi connectivity index (χ4v) is 4.88. The van der Waals surface area contributed by atoms with Crippen molar-refractivity contribution in [1.82, 2.24) is 9.88 Å². The lowest BCUT2D eigenvalue weighted by molar-refractivity contribution is 0.0755. The van der Waals surface area contributed by atoms with Crippen LogP contribution in [0.2, 0.25) is 5.02 Å². The highest BCUT2D eigenvalue weighted by Gasteiger charge is 2.23. The molecule has 0 bridgehead atoms. The van der Waals surface area contributed by atoms with Gasteiger partial charge < -0.3 is 4.90 Å². The highest BCUT2D eigenvalue weighted by atomic mass is 35.5. The maximum atomic E-state index is 13.0. The third-order valence-electron chi connectivity index (χ3n) is 4.19. The number of anilines is 1. The maximum absolute atomic E-state index is 13.0. The number of carbonyl (C=O) groups excluding carboxylic acids is 1. The van der Waals surface area contributed by atoms with Crippen LogP contribution in [0.15, 0.2) is 29.2 Å². The number of hydrogen-bond acceptors (Lipinski definition) is 5. The Balaban J connectivity index is 2.20. The topological polar surface area (TPSA) is 79.4 Å². The minimum absolute atomic E-state index is 0.0881. The summed E-state index contributed by atoms with van der Waals surface area (Å²) >= 11 is 6.88. The second kappa shape index (κ2) is 10.2. The van der Waals surface area contributed by atoms with Gasteiger partial charge in [-0.05, 0) is 44.0 Å². The molecule has 1 amide bonds. The Hall–Kier alpha value is -1.64. The van der Waals surface area contributed by atoms with Gasteiger partial charge in [-0.3, -0.25) is 9.52 Å². The van der Waals surface area contributed by atoms with Gasteiger partial charge in [0.05, 0.1) is 10.6 Å². The number of hydrogen-bond donors (Lipinski definition) is 1. The molecule has 0 atom stereocenters. The summed E-state index contributed by atoms with van der Waals surface area (Å²) in [6.07, 6.45) is 3.88. The van der Waals surface area contributed by atoms with Crippen LogP contribution in [-0.4, -0.2) is 37.3 Å². The summed E-state index contributed by atoms with van der Waals surface area (Å²) in [5.74, 6) is -0.0890. The van der Waals surface area contributed by atoms with Gasteiger partial charge in [0.15, 0.2) is 5.13 Å². The van der Waals surface area contributed by atoms with E-state index in [2.05, 4.69) is 23.6 Å². The molecule has 1 N–H and O–H groups in total. The molecule has 9 heteroatoms. The predicted octanol–water partition coefficient (Wildman–Crippen LogP) is 4.95. The van der Waals surface area contributed by atoms with E-state index < -0.39 is 10.0 Å². The third kappa shape index (κ3) is 5.93. The summed E-state index contributed by atoms with van der Waals surface area (Å²) in [7, 11) is -3.79. The molecule has 2 rings (SSSR count). The van der Waals surface area contributed by atoms with Gasteiger partial charge in [-0.2, -0.15) is 0 Å². The molecule has 154 valence electrons. The van der Waals surface area contributed by atoms with Gasteiger partial charge in [-0.1, -0.05) is 49.6 Å². The van der Waals surface area contributed by atoms with Crippen molar-refractivity contribution in [2.75, 3.05) is 17.8 Å². The molecule has 28 heavy (non-hydrogen) atoms. The molecule has 2 aromatic rings. The molecule has 0 aliphatic carbocycles. The number of halogens is 1. The minimum atomic E-state index is -3.79. The number of aryl methyl sites for hydroxylation is 1. The number of nitrogens with zero attached hydrogens (tertiary/aromatic N) is 2. The minimum Gasteiger partial charge on any atom is -0.338 e. The van der Waals surface area contributed by atoms with Crippen LogP contribution in [-0.2, 0) is 10.0 Å². The van der Waals surface area contributed by atoms with E-state index in [-0.39, 0.29) is 15.9 Å². The van der Waals surface area contributed by atoms with Crippen molar-refractivity contribution in [2.24, 2.45) is 0 Å². The van der Waals surface area contributed by atoms with Crippen molar-refractivity contribution >= 4 is 44.0 Å². The molecular formula is C19H26ClN3O3S2. The van der Waals surface area contributed by atoms with E-state index in [1.54, 1.807) is 6.92 Å². The molecule has 0 saturated heterocycles. The molecule has 1 aromatic heterocycles. The van der Waals surface area contributed by atoms with Gasteiger partial charge in [0.1, 0.15) is 4.88 Å². The molecule has 0 saturated carbocycles. The van der Waals surface area contributed by atoms with Crippen molar-refractivity contribution in [3.8, 4) is 0 Å². The molecule has 1 heterocycles. The molecule has 0 aliphatic heterocycles.